The molecule has 0 fully saturated rings. The first-order valence-corrected chi connectivity index (χ1v) is 6.49. The monoisotopic (exact) mass is 271 g/mol. The van der Waals surface area contributed by atoms with E-state index in [-0.39, 0.29) is 11.4 Å². The number of hydrogen-bond acceptors (Lipinski definition) is 4. The summed E-state index contributed by atoms with van der Waals surface area (Å²) in [6, 6.07) is 15.1. The van der Waals surface area contributed by atoms with Crippen molar-refractivity contribution in [2.75, 3.05) is 17.6 Å². The van der Waals surface area contributed by atoms with Crippen LogP contribution >= 0.6 is 0 Å². The Morgan fingerprint density at radius 3 is 2.55 bits per heavy atom. The Bertz CT molecular complexity index is 585. The van der Waals surface area contributed by atoms with Crippen molar-refractivity contribution in [2.45, 2.75) is 12.8 Å². The van der Waals surface area contributed by atoms with E-state index in [4.69, 9.17) is 5.73 Å². The highest BCUT2D eigenvalue weighted by Gasteiger charge is 2.16. The number of aryl methyl sites for hydroxylation is 1. The third-order valence-electron chi connectivity index (χ3n) is 3.05. The fourth-order valence-electron chi connectivity index (χ4n) is 2.07. The van der Waals surface area contributed by atoms with Crippen LogP contribution in [0.4, 0.5) is 17.1 Å². The summed E-state index contributed by atoms with van der Waals surface area (Å²) >= 11 is 0. The molecule has 5 nitrogen and oxygen atoms in total. The van der Waals surface area contributed by atoms with Gasteiger partial charge in [-0.3, -0.25) is 10.1 Å². The molecule has 0 bridgehead atoms. The second-order valence-electron chi connectivity index (χ2n) is 4.52. The third kappa shape index (κ3) is 3.47. The van der Waals surface area contributed by atoms with Gasteiger partial charge in [-0.25, -0.2) is 0 Å². The number of hydrogen-bond donors (Lipinski definition) is 2. The molecule has 0 aliphatic carbocycles. The van der Waals surface area contributed by atoms with Gasteiger partial charge in [0.25, 0.3) is 0 Å². The first kappa shape index (κ1) is 13.9. The van der Waals surface area contributed by atoms with E-state index in [1.807, 2.05) is 18.2 Å². The van der Waals surface area contributed by atoms with E-state index in [0.717, 1.165) is 12.8 Å². The van der Waals surface area contributed by atoms with Crippen LogP contribution in [-0.2, 0) is 6.42 Å². The summed E-state index contributed by atoms with van der Waals surface area (Å²) in [4.78, 5) is 10.5. The maximum atomic E-state index is 11.0. The van der Waals surface area contributed by atoms with Gasteiger partial charge in [-0.05, 0) is 30.5 Å². The van der Waals surface area contributed by atoms with E-state index in [2.05, 4.69) is 17.4 Å². The van der Waals surface area contributed by atoms with Gasteiger partial charge in [-0.15, -0.1) is 0 Å². The molecule has 0 unspecified atom stereocenters. The predicted molar refractivity (Wildman–Crippen MR) is 80.8 cm³/mol. The van der Waals surface area contributed by atoms with Crippen molar-refractivity contribution in [1.29, 1.82) is 0 Å². The van der Waals surface area contributed by atoms with Gasteiger partial charge in [0.15, 0.2) is 0 Å². The average Bonchev–Trinajstić information content (AvgIpc) is 2.44. The summed E-state index contributed by atoms with van der Waals surface area (Å²) in [7, 11) is 0. The van der Waals surface area contributed by atoms with Crippen molar-refractivity contribution in [1.82, 2.24) is 0 Å². The molecule has 0 saturated heterocycles. The third-order valence-corrected chi connectivity index (χ3v) is 3.05. The molecule has 2 rings (SSSR count). The summed E-state index contributed by atoms with van der Waals surface area (Å²) in [6.45, 7) is 0.666. The highest BCUT2D eigenvalue weighted by atomic mass is 16.6. The Labute approximate surface area is 117 Å². The van der Waals surface area contributed by atoms with Gasteiger partial charge >= 0.3 is 5.69 Å². The number of anilines is 2. The first-order chi connectivity index (χ1) is 9.68. The SMILES string of the molecule is Nc1cccc(NCCCc2ccccc2)c1[N+](=O)[O-]. The van der Waals surface area contributed by atoms with Crippen LogP contribution in [0.25, 0.3) is 0 Å². The largest absolute Gasteiger partial charge is 0.393 e. The van der Waals surface area contributed by atoms with Crippen LogP contribution in [0.2, 0.25) is 0 Å². The fraction of sp³-hybridized carbons (Fsp3) is 0.200. The number of rotatable bonds is 6. The summed E-state index contributed by atoms with van der Waals surface area (Å²) in [6.07, 6.45) is 1.83. The number of nitro benzene ring substituents is 1. The van der Waals surface area contributed by atoms with Crippen molar-refractivity contribution >= 4 is 17.1 Å². The molecule has 0 radical (unpaired) electrons. The lowest BCUT2D eigenvalue weighted by atomic mass is 10.1. The van der Waals surface area contributed by atoms with E-state index in [1.54, 1.807) is 12.1 Å². The maximum Gasteiger partial charge on any atom is 0.314 e. The maximum absolute atomic E-state index is 11.0. The van der Waals surface area contributed by atoms with Crippen molar-refractivity contribution in [3.8, 4) is 0 Å². The van der Waals surface area contributed by atoms with Crippen molar-refractivity contribution in [2.24, 2.45) is 0 Å². The Kier molecular flexibility index (Phi) is 4.55. The Morgan fingerprint density at radius 2 is 1.85 bits per heavy atom. The number of nitro groups is 1. The second-order valence-corrected chi connectivity index (χ2v) is 4.52. The van der Waals surface area contributed by atoms with Crippen LogP contribution in [0.3, 0.4) is 0 Å². The molecule has 20 heavy (non-hydrogen) atoms. The van der Waals surface area contributed by atoms with Gasteiger partial charge in [0, 0.05) is 6.54 Å². The lowest BCUT2D eigenvalue weighted by molar-refractivity contribution is -0.383. The Morgan fingerprint density at radius 1 is 1.10 bits per heavy atom. The van der Waals surface area contributed by atoms with Crippen molar-refractivity contribution in [3.63, 3.8) is 0 Å². The van der Waals surface area contributed by atoms with Gasteiger partial charge in [-0.1, -0.05) is 36.4 Å². The lowest BCUT2D eigenvalue weighted by Gasteiger charge is -2.08. The fourth-order valence-corrected chi connectivity index (χ4v) is 2.07. The van der Waals surface area contributed by atoms with Gasteiger partial charge in [0.1, 0.15) is 11.4 Å². The van der Waals surface area contributed by atoms with E-state index >= 15 is 0 Å². The molecule has 0 aromatic heterocycles. The molecule has 0 saturated carbocycles. The van der Waals surface area contributed by atoms with E-state index in [1.165, 1.54) is 11.6 Å². The number of nitrogens with zero attached hydrogens (tertiary/aromatic N) is 1. The number of nitrogens with one attached hydrogen (secondary N) is 1. The zero-order chi connectivity index (χ0) is 14.4. The molecule has 2 aromatic rings. The first-order valence-electron chi connectivity index (χ1n) is 6.49. The zero-order valence-corrected chi connectivity index (χ0v) is 11.1. The molecule has 104 valence electrons. The van der Waals surface area contributed by atoms with Gasteiger partial charge in [0.05, 0.1) is 4.92 Å². The highest BCUT2D eigenvalue weighted by Crippen LogP contribution is 2.30. The molecule has 0 atom stereocenters. The van der Waals surface area contributed by atoms with E-state index < -0.39 is 4.92 Å². The van der Waals surface area contributed by atoms with Gasteiger partial charge in [-0.2, -0.15) is 0 Å². The zero-order valence-electron chi connectivity index (χ0n) is 11.1. The summed E-state index contributed by atoms with van der Waals surface area (Å²) in [5, 5.41) is 14.1. The molecule has 3 N–H and O–H groups in total. The molecule has 5 heteroatoms. The average molecular weight is 271 g/mol. The standard InChI is InChI=1S/C15H17N3O2/c16-13-9-4-10-14(15(13)18(19)20)17-11-5-8-12-6-2-1-3-7-12/h1-4,6-7,9-10,17H,5,8,11,16H2. The number of benzene rings is 2. The van der Waals surface area contributed by atoms with Crippen LogP contribution in [0.15, 0.2) is 48.5 Å². The summed E-state index contributed by atoms with van der Waals surface area (Å²) in [5.74, 6) is 0. The molecule has 0 heterocycles. The van der Waals surface area contributed by atoms with Crippen LogP contribution < -0.4 is 11.1 Å². The number of nitrogens with two attached hydrogens (primary N) is 1. The minimum Gasteiger partial charge on any atom is -0.393 e. The minimum absolute atomic E-state index is 0.0489. The predicted octanol–water partition coefficient (Wildman–Crippen LogP) is 3.22. The molecule has 0 amide bonds. The smallest absolute Gasteiger partial charge is 0.314 e. The van der Waals surface area contributed by atoms with Crippen molar-refractivity contribution < 1.29 is 4.92 Å². The molecular formula is C15H17N3O2. The lowest BCUT2D eigenvalue weighted by Crippen LogP contribution is -2.06. The van der Waals surface area contributed by atoms with Crippen LogP contribution in [0.5, 0.6) is 0 Å². The van der Waals surface area contributed by atoms with Crippen LogP contribution in [0.1, 0.15) is 12.0 Å². The van der Waals surface area contributed by atoms with Gasteiger partial charge in [0.2, 0.25) is 0 Å². The van der Waals surface area contributed by atoms with E-state index in [0.29, 0.717) is 12.2 Å². The minimum atomic E-state index is -0.450. The van der Waals surface area contributed by atoms with Gasteiger partial charge < -0.3 is 11.1 Å². The molecule has 0 aliphatic heterocycles. The number of para-hydroxylation sites is 1. The van der Waals surface area contributed by atoms with Crippen molar-refractivity contribution in [3.05, 3.63) is 64.2 Å². The van der Waals surface area contributed by atoms with Crippen LogP contribution in [-0.4, -0.2) is 11.5 Å². The molecule has 2 aromatic carbocycles. The molecule has 0 aliphatic rings. The van der Waals surface area contributed by atoms with Crippen LogP contribution in [0, 0.1) is 10.1 Å². The van der Waals surface area contributed by atoms with E-state index in [9.17, 15) is 10.1 Å². The molecular weight excluding hydrogens is 254 g/mol. The quantitative estimate of drug-likeness (QED) is 0.366. The topological polar surface area (TPSA) is 81.2 Å². The number of nitrogen functional groups attached to an aromatic ring is 1. The molecule has 0 spiro atoms. The summed E-state index contributed by atoms with van der Waals surface area (Å²) in [5.41, 5.74) is 7.51. The Balaban J connectivity index is 1.92. The summed E-state index contributed by atoms with van der Waals surface area (Å²) < 4.78 is 0. The highest BCUT2D eigenvalue weighted by molar-refractivity contribution is 5.74. The Hall–Kier alpha value is -2.56. The second kappa shape index (κ2) is 6.56. The normalized spacial score (nSPS) is 10.2.